The van der Waals surface area contributed by atoms with Crippen LogP contribution in [-0.4, -0.2) is 12.5 Å². The minimum Gasteiger partial charge on any atom is -0.356 e. The van der Waals surface area contributed by atoms with Crippen molar-refractivity contribution in [1.82, 2.24) is 5.32 Å². The average Bonchev–Trinajstić information content (AvgIpc) is 1.78. The van der Waals surface area contributed by atoms with Crippen LogP contribution in [0.5, 0.6) is 0 Å². The smallest absolute Gasteiger partial charge is 0.220 e. The van der Waals surface area contributed by atoms with Gasteiger partial charge < -0.3 is 5.32 Å². The molecule has 1 aliphatic heterocycles. The third-order valence-electron chi connectivity index (χ3n) is 2.58. The highest BCUT2D eigenvalue weighted by Crippen LogP contribution is 2.37. The summed E-state index contributed by atoms with van der Waals surface area (Å²) in [5.41, 5.74) is 0. The zero-order valence-electron chi connectivity index (χ0n) is 5.39. The first-order chi connectivity index (χ1) is 4.36. The fourth-order valence-electron chi connectivity index (χ4n) is 1.73. The van der Waals surface area contributed by atoms with Crippen LogP contribution in [0.4, 0.5) is 0 Å². The molecule has 2 atom stereocenters. The van der Waals surface area contributed by atoms with E-state index in [0.29, 0.717) is 0 Å². The summed E-state index contributed by atoms with van der Waals surface area (Å²) < 4.78 is 0. The van der Waals surface area contributed by atoms with E-state index in [1.165, 1.54) is 12.8 Å². The van der Waals surface area contributed by atoms with Crippen molar-refractivity contribution in [2.45, 2.75) is 19.3 Å². The number of carbonyl (C=O) groups excluding carboxylic acids is 1. The minimum atomic E-state index is 0.260. The number of nitrogens with one attached hydrogen (secondary N) is 1. The maximum absolute atomic E-state index is 10.7. The zero-order valence-corrected chi connectivity index (χ0v) is 5.39. The van der Waals surface area contributed by atoms with Crippen LogP contribution in [0.1, 0.15) is 19.3 Å². The molecule has 0 radical (unpaired) electrons. The fourth-order valence-corrected chi connectivity index (χ4v) is 1.73. The van der Waals surface area contributed by atoms with Gasteiger partial charge in [-0.15, -0.1) is 0 Å². The second kappa shape index (κ2) is 1.72. The Morgan fingerprint density at radius 3 is 2.56 bits per heavy atom. The molecule has 9 heavy (non-hydrogen) atoms. The summed E-state index contributed by atoms with van der Waals surface area (Å²) in [5, 5.41) is 2.87. The van der Waals surface area contributed by atoms with Gasteiger partial charge in [-0.3, -0.25) is 4.79 Å². The third kappa shape index (κ3) is 0.732. The lowest BCUT2D eigenvalue weighted by atomic mass is 9.70. The van der Waals surface area contributed by atoms with Crippen molar-refractivity contribution in [3.63, 3.8) is 0 Å². The average molecular weight is 125 g/mol. The van der Waals surface area contributed by atoms with E-state index in [1.54, 1.807) is 0 Å². The number of amides is 1. The van der Waals surface area contributed by atoms with Gasteiger partial charge >= 0.3 is 0 Å². The van der Waals surface area contributed by atoms with Crippen molar-refractivity contribution in [1.29, 1.82) is 0 Å². The summed E-state index contributed by atoms with van der Waals surface area (Å²) in [4.78, 5) is 10.7. The highest BCUT2D eigenvalue weighted by atomic mass is 16.1. The molecule has 1 heterocycles. The lowest BCUT2D eigenvalue weighted by Crippen LogP contribution is -2.45. The lowest BCUT2D eigenvalue weighted by molar-refractivity contribution is -0.126. The standard InChI is InChI=1S/C7H11NO/c9-7-3-5-1-2-6(5)4-8-7/h5-6H,1-4H2,(H,8,9). The van der Waals surface area contributed by atoms with E-state index in [1.807, 2.05) is 0 Å². The molecule has 0 aromatic heterocycles. The summed E-state index contributed by atoms with van der Waals surface area (Å²) >= 11 is 0. The Labute approximate surface area is 54.6 Å². The topological polar surface area (TPSA) is 29.1 Å². The SMILES string of the molecule is O=C1CC2CCC2CN1. The first kappa shape index (κ1) is 5.27. The van der Waals surface area contributed by atoms with E-state index >= 15 is 0 Å². The van der Waals surface area contributed by atoms with E-state index in [4.69, 9.17) is 0 Å². The van der Waals surface area contributed by atoms with E-state index in [0.717, 1.165) is 24.8 Å². The number of rotatable bonds is 0. The van der Waals surface area contributed by atoms with Gasteiger partial charge in [0.25, 0.3) is 0 Å². The molecule has 1 saturated carbocycles. The Bertz CT molecular complexity index is 144. The molecular formula is C7H11NO. The molecule has 2 unspecified atom stereocenters. The monoisotopic (exact) mass is 125 g/mol. The molecule has 0 aromatic carbocycles. The van der Waals surface area contributed by atoms with Crippen molar-refractivity contribution < 1.29 is 4.79 Å². The lowest BCUT2D eigenvalue weighted by Gasteiger charge is -2.39. The van der Waals surface area contributed by atoms with Crippen LogP contribution >= 0.6 is 0 Å². The molecular weight excluding hydrogens is 114 g/mol. The molecule has 2 nitrogen and oxygen atoms in total. The Hall–Kier alpha value is -0.530. The summed E-state index contributed by atoms with van der Waals surface area (Å²) in [6.45, 7) is 0.948. The third-order valence-corrected chi connectivity index (χ3v) is 2.58. The second-order valence-electron chi connectivity index (χ2n) is 3.11. The summed E-state index contributed by atoms with van der Waals surface area (Å²) in [6.07, 6.45) is 3.42. The van der Waals surface area contributed by atoms with E-state index < -0.39 is 0 Å². The van der Waals surface area contributed by atoms with Crippen molar-refractivity contribution in [2.24, 2.45) is 11.8 Å². The Morgan fingerprint density at radius 1 is 1.33 bits per heavy atom. The Kier molecular flexibility index (Phi) is 1.01. The maximum Gasteiger partial charge on any atom is 0.220 e. The molecule has 2 rings (SSSR count). The zero-order chi connectivity index (χ0) is 6.27. The van der Waals surface area contributed by atoms with Crippen LogP contribution in [0.2, 0.25) is 0 Å². The van der Waals surface area contributed by atoms with Gasteiger partial charge in [-0.1, -0.05) is 0 Å². The summed E-state index contributed by atoms with van der Waals surface area (Å²) in [6, 6.07) is 0. The Morgan fingerprint density at radius 2 is 2.11 bits per heavy atom. The van der Waals surface area contributed by atoms with Crippen LogP contribution in [0, 0.1) is 11.8 Å². The van der Waals surface area contributed by atoms with Crippen molar-refractivity contribution in [3.8, 4) is 0 Å². The molecule has 0 bridgehead atoms. The minimum absolute atomic E-state index is 0.260. The molecule has 0 spiro atoms. The largest absolute Gasteiger partial charge is 0.356 e. The normalized spacial score (nSPS) is 40.7. The second-order valence-corrected chi connectivity index (χ2v) is 3.11. The van der Waals surface area contributed by atoms with Gasteiger partial charge in [-0.2, -0.15) is 0 Å². The molecule has 2 aliphatic rings. The molecule has 0 aromatic rings. The first-order valence-electron chi connectivity index (χ1n) is 3.63. The summed E-state index contributed by atoms with van der Waals surface area (Å²) in [5.74, 6) is 1.84. The summed E-state index contributed by atoms with van der Waals surface area (Å²) in [7, 11) is 0. The first-order valence-corrected chi connectivity index (χ1v) is 3.63. The van der Waals surface area contributed by atoms with Crippen LogP contribution in [0.3, 0.4) is 0 Å². The fraction of sp³-hybridized carbons (Fsp3) is 0.857. The van der Waals surface area contributed by atoms with E-state index in [2.05, 4.69) is 5.32 Å². The predicted molar refractivity (Wildman–Crippen MR) is 33.8 cm³/mol. The predicted octanol–water partition coefficient (Wildman–Crippen LogP) is 0.532. The van der Waals surface area contributed by atoms with Crippen molar-refractivity contribution in [3.05, 3.63) is 0 Å². The number of carbonyl (C=O) groups is 1. The highest BCUT2D eigenvalue weighted by Gasteiger charge is 2.35. The van der Waals surface area contributed by atoms with E-state index in [9.17, 15) is 4.79 Å². The van der Waals surface area contributed by atoms with Gasteiger partial charge in [0.1, 0.15) is 0 Å². The quantitative estimate of drug-likeness (QED) is 0.502. The number of hydrogen-bond acceptors (Lipinski definition) is 1. The van der Waals surface area contributed by atoms with E-state index in [-0.39, 0.29) is 5.91 Å². The van der Waals surface area contributed by atoms with Crippen LogP contribution in [0.15, 0.2) is 0 Å². The number of fused-ring (bicyclic) bond motifs is 1. The Balaban J connectivity index is 1.99. The van der Waals surface area contributed by atoms with Crippen LogP contribution < -0.4 is 5.32 Å². The van der Waals surface area contributed by atoms with Gasteiger partial charge in [-0.05, 0) is 24.7 Å². The molecule has 50 valence electrons. The van der Waals surface area contributed by atoms with Gasteiger partial charge in [0, 0.05) is 13.0 Å². The molecule has 1 N–H and O–H groups in total. The molecule has 1 aliphatic carbocycles. The molecule has 1 amide bonds. The molecule has 2 heteroatoms. The van der Waals surface area contributed by atoms with Gasteiger partial charge in [0.2, 0.25) is 5.91 Å². The van der Waals surface area contributed by atoms with Crippen molar-refractivity contribution in [2.75, 3.05) is 6.54 Å². The number of piperidine rings is 1. The van der Waals surface area contributed by atoms with Crippen molar-refractivity contribution >= 4 is 5.91 Å². The number of hydrogen-bond donors (Lipinski definition) is 1. The van der Waals surface area contributed by atoms with Gasteiger partial charge in [0.15, 0.2) is 0 Å². The van der Waals surface area contributed by atoms with Gasteiger partial charge in [0.05, 0.1) is 0 Å². The van der Waals surface area contributed by atoms with Crippen LogP contribution in [-0.2, 0) is 4.79 Å². The van der Waals surface area contributed by atoms with Crippen LogP contribution in [0.25, 0.3) is 0 Å². The maximum atomic E-state index is 10.7. The highest BCUT2D eigenvalue weighted by molar-refractivity contribution is 5.77. The van der Waals surface area contributed by atoms with Gasteiger partial charge in [-0.25, -0.2) is 0 Å². The molecule has 2 fully saturated rings. The molecule has 1 saturated heterocycles.